The smallest absolute Gasteiger partial charge is 0.404 e. The van der Waals surface area contributed by atoms with Crippen LogP contribution in [0.5, 0.6) is 0 Å². The highest BCUT2D eigenvalue weighted by Gasteiger charge is 2.20. The Morgan fingerprint density at radius 2 is 1.83 bits per heavy atom. The molecule has 0 spiro atoms. The highest BCUT2D eigenvalue weighted by atomic mass is 16.4. The molecule has 1 aromatic carbocycles. The van der Waals surface area contributed by atoms with Crippen LogP contribution in [0.1, 0.15) is 36.4 Å². The molecule has 2 rings (SSSR count). The molecule has 1 unspecified atom stereocenters. The molecule has 0 fully saturated rings. The Kier molecular flexibility index (Phi) is 6.89. The molecule has 6 nitrogen and oxygen atoms in total. The van der Waals surface area contributed by atoms with Crippen LogP contribution in [0.2, 0.25) is 0 Å². The molecule has 0 aliphatic rings. The molecule has 0 saturated carbocycles. The third-order valence-electron chi connectivity index (χ3n) is 3.82. The summed E-state index contributed by atoms with van der Waals surface area (Å²) in [5, 5.41) is 13.9. The first-order valence-corrected chi connectivity index (χ1v) is 8.08. The Labute approximate surface area is 141 Å². The molecule has 0 aliphatic carbocycles. The van der Waals surface area contributed by atoms with E-state index < -0.39 is 6.09 Å². The maximum absolute atomic E-state index is 12.5. The quantitative estimate of drug-likeness (QED) is 0.533. The van der Waals surface area contributed by atoms with Gasteiger partial charge in [0.15, 0.2) is 0 Å². The van der Waals surface area contributed by atoms with E-state index in [4.69, 9.17) is 5.11 Å². The average Bonchev–Trinajstić information content (AvgIpc) is 3.11. The third-order valence-corrected chi connectivity index (χ3v) is 3.82. The Balaban J connectivity index is 1.86. The zero-order chi connectivity index (χ0) is 17.2. The molecule has 0 saturated heterocycles. The van der Waals surface area contributed by atoms with Gasteiger partial charge in [0.2, 0.25) is 5.91 Å². The van der Waals surface area contributed by atoms with Crippen molar-refractivity contribution in [2.45, 2.75) is 31.7 Å². The Hall–Kier alpha value is -2.76. The third kappa shape index (κ3) is 5.79. The van der Waals surface area contributed by atoms with Crippen molar-refractivity contribution < 1.29 is 14.7 Å². The van der Waals surface area contributed by atoms with Crippen molar-refractivity contribution in [2.75, 3.05) is 6.54 Å². The molecule has 0 radical (unpaired) electrons. The number of carboxylic acid groups (broad SMARTS) is 1. The maximum atomic E-state index is 12.5. The van der Waals surface area contributed by atoms with Gasteiger partial charge in [-0.15, -0.1) is 0 Å². The number of amides is 2. The van der Waals surface area contributed by atoms with Crippen LogP contribution < -0.4 is 10.6 Å². The molecule has 1 heterocycles. The molecule has 4 N–H and O–H groups in total. The number of hydrogen-bond acceptors (Lipinski definition) is 2. The number of unbranched alkanes of at least 4 members (excludes halogenated alkanes) is 1. The monoisotopic (exact) mass is 329 g/mol. The summed E-state index contributed by atoms with van der Waals surface area (Å²) in [6.45, 7) is 0.899. The number of carbonyl (C=O) groups excluding carboxylic acids is 1. The van der Waals surface area contributed by atoms with Crippen molar-refractivity contribution in [3.8, 4) is 0 Å². The molecule has 1 atom stereocenters. The number of H-pyrrole nitrogens is 1. The number of benzene rings is 1. The fraction of sp³-hybridized carbons (Fsp3) is 0.333. The van der Waals surface area contributed by atoms with Gasteiger partial charge in [0, 0.05) is 25.0 Å². The van der Waals surface area contributed by atoms with E-state index in [-0.39, 0.29) is 11.8 Å². The van der Waals surface area contributed by atoms with E-state index in [0.29, 0.717) is 25.9 Å². The molecule has 128 valence electrons. The van der Waals surface area contributed by atoms with Gasteiger partial charge in [-0.05, 0) is 30.5 Å². The Morgan fingerprint density at radius 3 is 2.50 bits per heavy atom. The summed E-state index contributed by atoms with van der Waals surface area (Å²) in [7, 11) is 0. The van der Waals surface area contributed by atoms with Crippen molar-refractivity contribution in [3.05, 3.63) is 59.9 Å². The van der Waals surface area contributed by atoms with Crippen LogP contribution in [0, 0.1) is 0 Å². The van der Waals surface area contributed by atoms with E-state index in [9.17, 15) is 9.59 Å². The van der Waals surface area contributed by atoms with Crippen LogP contribution >= 0.6 is 0 Å². The number of nitrogens with one attached hydrogen (secondary N) is 3. The summed E-state index contributed by atoms with van der Waals surface area (Å²) in [4.78, 5) is 26.1. The number of aromatic nitrogens is 1. The van der Waals surface area contributed by atoms with Gasteiger partial charge in [-0.1, -0.05) is 36.8 Å². The summed E-state index contributed by atoms with van der Waals surface area (Å²) in [6, 6.07) is 13.6. The van der Waals surface area contributed by atoms with Crippen LogP contribution in [-0.4, -0.2) is 28.6 Å². The van der Waals surface area contributed by atoms with Gasteiger partial charge in [-0.2, -0.15) is 0 Å². The minimum atomic E-state index is -1.02. The summed E-state index contributed by atoms with van der Waals surface area (Å²) in [5.74, 6) is -0.277. The second kappa shape index (κ2) is 9.39. The van der Waals surface area contributed by atoms with Crippen molar-refractivity contribution in [2.24, 2.45) is 0 Å². The SMILES string of the molecule is O=C(O)NCCCCC(C(=O)NCc1ccccc1)c1ccc[nH]1. The van der Waals surface area contributed by atoms with Crippen LogP contribution in [-0.2, 0) is 11.3 Å². The number of carbonyl (C=O) groups is 2. The highest BCUT2D eigenvalue weighted by Crippen LogP contribution is 2.21. The first-order valence-electron chi connectivity index (χ1n) is 8.08. The largest absolute Gasteiger partial charge is 0.465 e. The normalized spacial score (nSPS) is 11.7. The second-order valence-corrected chi connectivity index (χ2v) is 5.61. The zero-order valence-electron chi connectivity index (χ0n) is 13.5. The van der Waals surface area contributed by atoms with Gasteiger partial charge in [0.25, 0.3) is 0 Å². The minimum absolute atomic E-state index is 0.0208. The standard InChI is InChI=1S/C18H23N3O3/c22-17(21-13-14-7-2-1-3-8-14)15(16-10-6-12-19-16)9-4-5-11-20-18(23)24/h1-3,6-8,10,12,15,19-20H,4-5,9,11,13H2,(H,21,22)(H,23,24). The molecule has 1 aromatic heterocycles. The van der Waals surface area contributed by atoms with Crippen molar-refractivity contribution in [1.82, 2.24) is 15.6 Å². The van der Waals surface area contributed by atoms with Gasteiger partial charge in [-0.3, -0.25) is 4.79 Å². The molecule has 0 aliphatic heterocycles. The van der Waals surface area contributed by atoms with Crippen LogP contribution in [0.3, 0.4) is 0 Å². The lowest BCUT2D eigenvalue weighted by Gasteiger charge is -2.16. The summed E-state index contributed by atoms with van der Waals surface area (Å²) >= 11 is 0. The lowest BCUT2D eigenvalue weighted by Crippen LogP contribution is -2.29. The zero-order valence-corrected chi connectivity index (χ0v) is 13.5. The first kappa shape index (κ1) is 17.6. The molecule has 0 bridgehead atoms. The van der Waals surface area contributed by atoms with E-state index >= 15 is 0 Å². The summed E-state index contributed by atoms with van der Waals surface area (Å²) < 4.78 is 0. The predicted octanol–water partition coefficient (Wildman–Crippen LogP) is 2.85. The lowest BCUT2D eigenvalue weighted by atomic mass is 9.97. The van der Waals surface area contributed by atoms with E-state index in [1.807, 2.05) is 42.5 Å². The average molecular weight is 329 g/mol. The van der Waals surface area contributed by atoms with Crippen molar-refractivity contribution >= 4 is 12.0 Å². The molecule has 2 amide bonds. The highest BCUT2D eigenvalue weighted by molar-refractivity contribution is 5.83. The second-order valence-electron chi connectivity index (χ2n) is 5.61. The molecular formula is C18H23N3O3. The van der Waals surface area contributed by atoms with E-state index in [1.54, 1.807) is 6.20 Å². The fourth-order valence-electron chi connectivity index (χ4n) is 2.57. The van der Waals surface area contributed by atoms with Gasteiger partial charge < -0.3 is 20.7 Å². The minimum Gasteiger partial charge on any atom is -0.465 e. The molecular weight excluding hydrogens is 306 g/mol. The molecule has 2 aromatic rings. The molecule has 6 heteroatoms. The van der Waals surface area contributed by atoms with Gasteiger partial charge in [0.05, 0.1) is 5.92 Å². The summed E-state index contributed by atoms with van der Waals surface area (Å²) in [6.07, 6.45) is 2.93. The summed E-state index contributed by atoms with van der Waals surface area (Å²) in [5.41, 5.74) is 1.94. The maximum Gasteiger partial charge on any atom is 0.404 e. The van der Waals surface area contributed by atoms with Crippen LogP contribution in [0.25, 0.3) is 0 Å². The van der Waals surface area contributed by atoms with E-state index in [2.05, 4.69) is 15.6 Å². The van der Waals surface area contributed by atoms with Gasteiger partial charge in [0.1, 0.15) is 0 Å². The van der Waals surface area contributed by atoms with Gasteiger partial charge in [-0.25, -0.2) is 4.79 Å². The van der Waals surface area contributed by atoms with Gasteiger partial charge >= 0.3 is 6.09 Å². The Bertz CT molecular complexity index is 626. The first-order chi connectivity index (χ1) is 11.7. The van der Waals surface area contributed by atoms with Crippen LogP contribution in [0.4, 0.5) is 4.79 Å². The number of hydrogen-bond donors (Lipinski definition) is 4. The van der Waals surface area contributed by atoms with Crippen LogP contribution in [0.15, 0.2) is 48.7 Å². The fourth-order valence-corrected chi connectivity index (χ4v) is 2.57. The van der Waals surface area contributed by atoms with E-state index in [0.717, 1.165) is 17.7 Å². The number of rotatable bonds is 9. The molecule has 24 heavy (non-hydrogen) atoms. The Morgan fingerprint density at radius 1 is 1.04 bits per heavy atom. The lowest BCUT2D eigenvalue weighted by molar-refractivity contribution is -0.123. The van der Waals surface area contributed by atoms with Crippen molar-refractivity contribution in [1.29, 1.82) is 0 Å². The topological polar surface area (TPSA) is 94.2 Å². The van der Waals surface area contributed by atoms with E-state index in [1.165, 1.54) is 0 Å². The number of aromatic amines is 1. The predicted molar refractivity (Wildman–Crippen MR) is 91.7 cm³/mol. The van der Waals surface area contributed by atoms with Crippen molar-refractivity contribution in [3.63, 3.8) is 0 Å².